The second kappa shape index (κ2) is 5.35. The Morgan fingerprint density at radius 3 is 2.22 bits per heavy atom. The average Bonchev–Trinajstić information content (AvgIpc) is 2.66. The van der Waals surface area contributed by atoms with Gasteiger partial charge in [0.15, 0.2) is 0 Å². The maximum absolute atomic E-state index is 12.3. The predicted molar refractivity (Wildman–Crippen MR) is 64.5 cm³/mol. The normalized spacial score (nSPS) is 32.0. The maximum Gasteiger partial charge on any atom is 0.401 e. The molecule has 18 heavy (non-hydrogen) atoms. The third kappa shape index (κ3) is 4.10. The van der Waals surface area contributed by atoms with Crippen molar-refractivity contribution in [1.29, 1.82) is 0 Å². The highest BCUT2D eigenvalue weighted by Gasteiger charge is 2.34. The van der Waals surface area contributed by atoms with E-state index in [1.165, 1.54) is 4.90 Å². The standard InChI is InChI=1S/C12H22F3N3/c1-11(2-3-16-8-11)9-17-4-6-18(7-5-17)10-12(13,14)15/h16H,2-10H2,1H3. The summed E-state index contributed by atoms with van der Waals surface area (Å²) in [5, 5.41) is 3.36. The number of nitrogens with one attached hydrogen (secondary N) is 1. The van der Waals surface area contributed by atoms with Crippen LogP contribution in [0.2, 0.25) is 0 Å². The highest BCUT2D eigenvalue weighted by Crippen LogP contribution is 2.26. The minimum atomic E-state index is -4.07. The summed E-state index contributed by atoms with van der Waals surface area (Å²) in [7, 11) is 0. The van der Waals surface area contributed by atoms with Gasteiger partial charge in [-0.3, -0.25) is 4.90 Å². The summed E-state index contributed by atoms with van der Waals surface area (Å²) in [6.45, 7) is 7.15. The molecule has 0 aromatic carbocycles. The number of halogens is 3. The van der Waals surface area contributed by atoms with E-state index in [-0.39, 0.29) is 0 Å². The molecule has 2 heterocycles. The van der Waals surface area contributed by atoms with Crippen molar-refractivity contribution in [3.63, 3.8) is 0 Å². The van der Waals surface area contributed by atoms with Gasteiger partial charge in [-0.2, -0.15) is 13.2 Å². The lowest BCUT2D eigenvalue weighted by Gasteiger charge is -2.38. The van der Waals surface area contributed by atoms with E-state index in [2.05, 4.69) is 17.1 Å². The van der Waals surface area contributed by atoms with Crippen molar-refractivity contribution in [2.45, 2.75) is 19.5 Å². The second-order valence-electron chi connectivity index (χ2n) is 5.90. The molecule has 0 amide bonds. The second-order valence-corrected chi connectivity index (χ2v) is 5.90. The monoisotopic (exact) mass is 265 g/mol. The molecule has 6 heteroatoms. The molecule has 0 aromatic rings. The molecular weight excluding hydrogens is 243 g/mol. The van der Waals surface area contributed by atoms with E-state index in [4.69, 9.17) is 0 Å². The van der Waals surface area contributed by atoms with Crippen LogP contribution >= 0.6 is 0 Å². The predicted octanol–water partition coefficient (Wildman–Crippen LogP) is 1.17. The first-order chi connectivity index (χ1) is 8.36. The zero-order chi connectivity index (χ0) is 13.2. The number of rotatable bonds is 3. The quantitative estimate of drug-likeness (QED) is 0.826. The van der Waals surface area contributed by atoms with Gasteiger partial charge in [0.05, 0.1) is 6.54 Å². The molecule has 2 rings (SSSR count). The molecular formula is C12H22F3N3. The number of hydrogen-bond acceptors (Lipinski definition) is 3. The van der Waals surface area contributed by atoms with Gasteiger partial charge in [-0.15, -0.1) is 0 Å². The third-order valence-electron chi connectivity index (χ3n) is 3.93. The van der Waals surface area contributed by atoms with Gasteiger partial charge in [-0.1, -0.05) is 6.92 Å². The SMILES string of the molecule is CC1(CN2CCN(CC(F)(F)F)CC2)CCNC1. The molecule has 1 unspecified atom stereocenters. The van der Waals surface area contributed by atoms with Crippen LogP contribution in [-0.4, -0.2) is 68.3 Å². The van der Waals surface area contributed by atoms with Crippen LogP contribution in [0.3, 0.4) is 0 Å². The number of piperazine rings is 1. The smallest absolute Gasteiger partial charge is 0.316 e. The van der Waals surface area contributed by atoms with Crippen molar-refractivity contribution < 1.29 is 13.2 Å². The highest BCUT2D eigenvalue weighted by atomic mass is 19.4. The molecule has 1 atom stereocenters. The summed E-state index contributed by atoms with van der Waals surface area (Å²) in [6, 6.07) is 0. The van der Waals surface area contributed by atoms with Crippen LogP contribution in [0.1, 0.15) is 13.3 Å². The summed E-state index contributed by atoms with van der Waals surface area (Å²) in [4.78, 5) is 3.81. The van der Waals surface area contributed by atoms with Gasteiger partial charge in [-0.05, 0) is 18.4 Å². The fraction of sp³-hybridized carbons (Fsp3) is 1.00. The zero-order valence-electron chi connectivity index (χ0n) is 10.9. The molecule has 2 aliphatic rings. The van der Waals surface area contributed by atoms with E-state index in [9.17, 15) is 13.2 Å². The molecule has 1 N–H and O–H groups in total. The van der Waals surface area contributed by atoms with E-state index in [0.29, 0.717) is 18.5 Å². The Kier molecular flexibility index (Phi) is 4.18. The lowest BCUT2D eigenvalue weighted by Crippen LogP contribution is -2.51. The van der Waals surface area contributed by atoms with Crippen molar-refractivity contribution in [2.24, 2.45) is 5.41 Å². The van der Waals surface area contributed by atoms with Gasteiger partial charge in [-0.25, -0.2) is 0 Å². The van der Waals surface area contributed by atoms with Crippen molar-refractivity contribution in [2.75, 3.05) is 52.4 Å². The van der Waals surface area contributed by atoms with Crippen molar-refractivity contribution in [1.82, 2.24) is 15.1 Å². The summed E-state index contributed by atoms with van der Waals surface area (Å²) >= 11 is 0. The first kappa shape index (κ1) is 14.1. The molecule has 0 saturated carbocycles. The molecule has 0 aromatic heterocycles. The van der Waals surface area contributed by atoms with Gasteiger partial charge in [0.2, 0.25) is 0 Å². The number of nitrogens with zero attached hydrogens (tertiary/aromatic N) is 2. The molecule has 2 saturated heterocycles. The van der Waals surface area contributed by atoms with Gasteiger partial charge < -0.3 is 10.2 Å². The van der Waals surface area contributed by atoms with Crippen molar-refractivity contribution in [3.8, 4) is 0 Å². The zero-order valence-corrected chi connectivity index (χ0v) is 10.9. The Morgan fingerprint density at radius 1 is 1.11 bits per heavy atom. The summed E-state index contributed by atoms with van der Waals surface area (Å²) in [5.74, 6) is 0. The van der Waals surface area contributed by atoms with E-state index in [1.54, 1.807) is 0 Å². The lowest BCUT2D eigenvalue weighted by atomic mass is 9.89. The Hall–Kier alpha value is -0.330. The summed E-state index contributed by atoms with van der Waals surface area (Å²) in [6.07, 6.45) is -2.90. The molecule has 0 radical (unpaired) electrons. The third-order valence-corrected chi connectivity index (χ3v) is 3.93. The average molecular weight is 265 g/mol. The molecule has 2 aliphatic heterocycles. The molecule has 2 fully saturated rings. The minimum Gasteiger partial charge on any atom is -0.316 e. The Morgan fingerprint density at radius 2 is 1.72 bits per heavy atom. The van der Waals surface area contributed by atoms with Gasteiger partial charge in [0, 0.05) is 39.3 Å². The Labute approximate surface area is 106 Å². The van der Waals surface area contributed by atoms with Crippen molar-refractivity contribution in [3.05, 3.63) is 0 Å². The number of hydrogen-bond donors (Lipinski definition) is 1. The van der Waals surface area contributed by atoms with Crippen LogP contribution in [0.15, 0.2) is 0 Å². The van der Waals surface area contributed by atoms with Crippen LogP contribution in [0.4, 0.5) is 13.2 Å². The Bertz CT molecular complexity index is 266. The largest absolute Gasteiger partial charge is 0.401 e. The Balaban J connectivity index is 1.73. The van der Waals surface area contributed by atoms with E-state index >= 15 is 0 Å². The van der Waals surface area contributed by atoms with E-state index in [0.717, 1.165) is 39.1 Å². The first-order valence-electron chi connectivity index (χ1n) is 6.59. The van der Waals surface area contributed by atoms with E-state index < -0.39 is 12.7 Å². The fourth-order valence-electron chi connectivity index (χ4n) is 2.90. The van der Waals surface area contributed by atoms with Crippen LogP contribution in [0.25, 0.3) is 0 Å². The topological polar surface area (TPSA) is 18.5 Å². The van der Waals surface area contributed by atoms with Gasteiger partial charge >= 0.3 is 6.18 Å². The van der Waals surface area contributed by atoms with Crippen molar-refractivity contribution >= 4 is 0 Å². The van der Waals surface area contributed by atoms with E-state index in [1.807, 2.05) is 0 Å². The molecule has 106 valence electrons. The minimum absolute atomic E-state index is 0.298. The summed E-state index contributed by atoms with van der Waals surface area (Å²) < 4.78 is 36.8. The summed E-state index contributed by atoms with van der Waals surface area (Å²) in [5.41, 5.74) is 0.298. The highest BCUT2D eigenvalue weighted by molar-refractivity contribution is 4.88. The first-order valence-corrected chi connectivity index (χ1v) is 6.59. The van der Waals surface area contributed by atoms with Crippen LogP contribution in [-0.2, 0) is 0 Å². The molecule has 0 aliphatic carbocycles. The number of alkyl halides is 3. The molecule has 0 bridgehead atoms. The van der Waals surface area contributed by atoms with Gasteiger partial charge in [0.1, 0.15) is 0 Å². The van der Waals surface area contributed by atoms with Crippen LogP contribution in [0, 0.1) is 5.41 Å². The maximum atomic E-state index is 12.3. The van der Waals surface area contributed by atoms with Gasteiger partial charge in [0.25, 0.3) is 0 Å². The molecule has 3 nitrogen and oxygen atoms in total. The van der Waals surface area contributed by atoms with Crippen LogP contribution in [0.5, 0.6) is 0 Å². The molecule has 0 spiro atoms. The van der Waals surface area contributed by atoms with Crippen LogP contribution < -0.4 is 5.32 Å². The lowest BCUT2D eigenvalue weighted by molar-refractivity contribution is -0.149. The fourth-order valence-corrected chi connectivity index (χ4v) is 2.90.